The maximum Gasteiger partial charge on any atom is 0.341 e. The molecule has 13 heteroatoms. The predicted octanol–water partition coefficient (Wildman–Crippen LogP) is 5.92. The number of ether oxygens (including phenoxy) is 6. The second-order valence-electron chi connectivity index (χ2n) is 14.6. The van der Waals surface area contributed by atoms with Crippen molar-refractivity contribution in [3.8, 4) is 0 Å². The number of hydrogen-bond acceptors (Lipinski definition) is 11. The standard InChI is InChI=1S/C45H44N4O9/c1-4-54-42(51)33-25-34-39(47-38(33)46)49(43(52)48(40(34)50)28-53-26-29-17-9-5-10-18-29)41-37-36(57-44(2,3)58-37)35(56-41)27-55-45(30-19-11-6-12-20-30,31-21-13-7-14-22-31)32-23-15-8-16-24-32/h5-25,35-37,41H,4,26-28H2,1-3H3,(H2,46,47)/t35-,36-,37-,41-/m1/s1. The monoisotopic (exact) mass is 784 g/mol. The van der Waals surface area contributed by atoms with Crippen molar-refractivity contribution >= 4 is 22.8 Å². The van der Waals surface area contributed by atoms with Gasteiger partial charge < -0.3 is 34.2 Å². The van der Waals surface area contributed by atoms with E-state index in [4.69, 9.17) is 34.2 Å². The Kier molecular flexibility index (Phi) is 10.8. The first-order valence-electron chi connectivity index (χ1n) is 19.2. The van der Waals surface area contributed by atoms with Gasteiger partial charge in [-0.25, -0.2) is 23.7 Å². The Bertz CT molecular complexity index is 2410. The third-order valence-corrected chi connectivity index (χ3v) is 10.4. The first kappa shape index (κ1) is 38.9. The molecule has 2 aromatic heterocycles. The summed E-state index contributed by atoms with van der Waals surface area (Å²) >= 11 is 0. The highest BCUT2D eigenvalue weighted by atomic mass is 16.8. The third kappa shape index (κ3) is 7.23. The predicted molar refractivity (Wildman–Crippen MR) is 215 cm³/mol. The Balaban J connectivity index is 1.23. The van der Waals surface area contributed by atoms with Crippen LogP contribution in [0.25, 0.3) is 11.0 Å². The molecule has 2 aliphatic heterocycles. The first-order valence-corrected chi connectivity index (χ1v) is 19.2. The molecule has 2 N–H and O–H groups in total. The number of esters is 1. The fourth-order valence-electron chi connectivity index (χ4n) is 7.83. The number of benzene rings is 4. The van der Waals surface area contributed by atoms with Crippen molar-refractivity contribution in [2.24, 2.45) is 0 Å². The molecule has 0 amide bonds. The lowest BCUT2D eigenvalue weighted by Crippen LogP contribution is -2.45. The lowest BCUT2D eigenvalue weighted by Gasteiger charge is -2.37. The zero-order valence-electron chi connectivity index (χ0n) is 32.4. The van der Waals surface area contributed by atoms with E-state index in [1.165, 1.54) is 10.6 Å². The Hall–Kier alpha value is -5.96. The van der Waals surface area contributed by atoms with Crippen molar-refractivity contribution < 1.29 is 33.2 Å². The SMILES string of the molecule is CCOC(=O)c1cc2c(=O)n(COCc3ccccc3)c(=O)n([C@@H]3O[C@H](COC(c4ccccc4)(c4ccccc4)c4ccccc4)[C@H]4OC(C)(C)O[C@H]43)c2nc1N. The van der Waals surface area contributed by atoms with E-state index < -0.39 is 59.9 Å². The highest BCUT2D eigenvalue weighted by molar-refractivity contribution is 5.98. The van der Waals surface area contributed by atoms with E-state index in [9.17, 15) is 14.4 Å². The number of hydrogen-bond donors (Lipinski definition) is 1. The van der Waals surface area contributed by atoms with Gasteiger partial charge in [-0.15, -0.1) is 0 Å². The number of nitrogens with two attached hydrogens (primary N) is 1. The molecule has 2 fully saturated rings. The molecule has 4 heterocycles. The molecule has 6 aromatic rings. The smallest absolute Gasteiger partial charge is 0.341 e. The summed E-state index contributed by atoms with van der Waals surface area (Å²) in [7, 11) is 0. The van der Waals surface area contributed by atoms with E-state index in [1.807, 2.05) is 121 Å². The fraction of sp³-hybridized carbons (Fsp3) is 0.289. The lowest BCUT2D eigenvalue weighted by molar-refractivity contribution is -0.205. The van der Waals surface area contributed by atoms with E-state index >= 15 is 0 Å². The van der Waals surface area contributed by atoms with Crippen LogP contribution in [0.1, 0.15) is 59.6 Å². The van der Waals surface area contributed by atoms with Crippen LogP contribution < -0.4 is 17.0 Å². The normalized spacial score (nSPS) is 19.9. The highest BCUT2D eigenvalue weighted by Gasteiger charge is 2.57. The molecule has 8 rings (SSSR count). The summed E-state index contributed by atoms with van der Waals surface area (Å²) in [5.74, 6) is -2.07. The Morgan fingerprint density at radius 3 is 1.95 bits per heavy atom. The number of fused-ring (bicyclic) bond motifs is 2. The molecule has 0 bridgehead atoms. The van der Waals surface area contributed by atoms with Gasteiger partial charge in [0, 0.05) is 0 Å². The number of pyridine rings is 1. The van der Waals surface area contributed by atoms with Gasteiger partial charge in [-0.3, -0.25) is 4.79 Å². The van der Waals surface area contributed by atoms with Crippen molar-refractivity contribution in [2.45, 2.75) is 70.0 Å². The Labute approximate surface area is 334 Å². The van der Waals surface area contributed by atoms with Crippen LogP contribution >= 0.6 is 0 Å². The number of carbonyl (C=O) groups excluding carboxylic acids is 1. The molecule has 2 aliphatic rings. The zero-order chi connectivity index (χ0) is 40.4. The van der Waals surface area contributed by atoms with Crippen LogP contribution in [-0.4, -0.2) is 57.4 Å². The van der Waals surface area contributed by atoms with E-state index in [1.54, 1.807) is 20.8 Å². The van der Waals surface area contributed by atoms with Gasteiger partial charge in [0.25, 0.3) is 5.56 Å². The number of nitrogen functional groups attached to an aromatic ring is 1. The van der Waals surface area contributed by atoms with Crippen LogP contribution in [0.4, 0.5) is 5.82 Å². The summed E-state index contributed by atoms with van der Waals surface area (Å²) in [5, 5.41) is -0.0746. The largest absolute Gasteiger partial charge is 0.462 e. The van der Waals surface area contributed by atoms with Gasteiger partial charge in [0.15, 0.2) is 17.7 Å². The van der Waals surface area contributed by atoms with Crippen LogP contribution in [0.5, 0.6) is 0 Å². The summed E-state index contributed by atoms with van der Waals surface area (Å²) in [4.78, 5) is 46.2. The molecule has 4 aromatic carbocycles. The van der Waals surface area contributed by atoms with E-state index in [0.29, 0.717) is 0 Å². The van der Waals surface area contributed by atoms with Crippen molar-refractivity contribution in [1.29, 1.82) is 0 Å². The van der Waals surface area contributed by atoms with Gasteiger partial charge in [-0.2, -0.15) is 0 Å². The van der Waals surface area contributed by atoms with Crippen LogP contribution in [0.3, 0.4) is 0 Å². The van der Waals surface area contributed by atoms with Gasteiger partial charge in [-0.1, -0.05) is 121 Å². The van der Waals surface area contributed by atoms with Gasteiger partial charge in [-0.05, 0) is 49.1 Å². The molecule has 0 radical (unpaired) electrons. The van der Waals surface area contributed by atoms with Crippen LogP contribution in [0, 0.1) is 0 Å². The molecule has 0 spiro atoms. The number of nitrogens with zero attached hydrogens (tertiary/aromatic N) is 3. The number of rotatable bonds is 13. The Morgan fingerprint density at radius 1 is 0.828 bits per heavy atom. The maximum atomic E-state index is 14.7. The van der Waals surface area contributed by atoms with Crippen LogP contribution in [-0.2, 0) is 47.4 Å². The fourth-order valence-corrected chi connectivity index (χ4v) is 7.83. The summed E-state index contributed by atoms with van der Waals surface area (Å²) in [5.41, 5.74) is 7.02. The molecule has 4 atom stereocenters. The lowest BCUT2D eigenvalue weighted by atomic mass is 9.80. The molecule has 2 saturated heterocycles. The van der Waals surface area contributed by atoms with Crippen molar-refractivity contribution in [3.05, 3.63) is 176 Å². The van der Waals surface area contributed by atoms with Crippen molar-refractivity contribution in [1.82, 2.24) is 14.1 Å². The Morgan fingerprint density at radius 2 is 1.38 bits per heavy atom. The average molecular weight is 785 g/mol. The summed E-state index contributed by atoms with van der Waals surface area (Å²) in [6, 6.07) is 40.4. The zero-order valence-corrected chi connectivity index (χ0v) is 32.4. The second kappa shape index (κ2) is 16.1. The van der Waals surface area contributed by atoms with E-state index in [0.717, 1.165) is 26.8 Å². The maximum absolute atomic E-state index is 14.7. The van der Waals surface area contributed by atoms with E-state index in [2.05, 4.69) is 4.98 Å². The number of aromatic nitrogens is 3. The molecule has 0 unspecified atom stereocenters. The summed E-state index contributed by atoms with van der Waals surface area (Å²) < 4.78 is 40.2. The number of anilines is 1. The molecule has 13 nitrogen and oxygen atoms in total. The van der Waals surface area contributed by atoms with Gasteiger partial charge in [0.05, 0.1) is 25.2 Å². The van der Waals surface area contributed by atoms with Crippen LogP contribution in [0.15, 0.2) is 137 Å². The summed E-state index contributed by atoms with van der Waals surface area (Å²) in [6.07, 6.45) is -3.57. The van der Waals surface area contributed by atoms with Gasteiger partial charge in [0.1, 0.15) is 42.0 Å². The van der Waals surface area contributed by atoms with Gasteiger partial charge >= 0.3 is 11.7 Å². The molecular formula is C45H44N4O9. The minimum Gasteiger partial charge on any atom is -0.462 e. The summed E-state index contributed by atoms with van der Waals surface area (Å²) in [6.45, 7) is 4.99. The molecule has 298 valence electrons. The molecular weight excluding hydrogens is 741 g/mol. The second-order valence-corrected chi connectivity index (χ2v) is 14.6. The van der Waals surface area contributed by atoms with Crippen molar-refractivity contribution in [3.63, 3.8) is 0 Å². The minimum atomic E-state index is -1.18. The van der Waals surface area contributed by atoms with Crippen molar-refractivity contribution in [2.75, 3.05) is 18.9 Å². The quantitative estimate of drug-likeness (QED) is 0.110. The molecule has 0 saturated carbocycles. The minimum absolute atomic E-state index is 0.00906. The first-order chi connectivity index (χ1) is 28.1. The van der Waals surface area contributed by atoms with Crippen LogP contribution in [0.2, 0.25) is 0 Å². The highest BCUT2D eigenvalue weighted by Crippen LogP contribution is 2.46. The van der Waals surface area contributed by atoms with E-state index in [-0.39, 0.29) is 42.2 Å². The average Bonchev–Trinajstić information content (AvgIpc) is 3.73. The number of carbonyl (C=O) groups is 1. The van der Waals surface area contributed by atoms with Gasteiger partial charge in [0.2, 0.25) is 0 Å². The topological polar surface area (TPSA) is 155 Å². The third-order valence-electron chi connectivity index (χ3n) is 10.4. The molecule has 58 heavy (non-hydrogen) atoms. The molecule has 0 aliphatic carbocycles.